The average Bonchev–Trinajstić information content (AvgIpc) is 2.40. The molecule has 1 amide bonds. The van der Waals surface area contributed by atoms with Crippen molar-refractivity contribution in [3.05, 3.63) is 24.5 Å². The number of nitrogens with zero attached hydrogens (tertiary/aromatic N) is 1. The fourth-order valence-electron chi connectivity index (χ4n) is 0.560. The maximum atomic E-state index is 10.5. The molecule has 0 bridgehead atoms. The van der Waals surface area contributed by atoms with E-state index in [4.69, 9.17) is 0 Å². The highest BCUT2D eigenvalue weighted by Crippen LogP contribution is 1.85. The molecule has 0 aliphatic rings. The van der Waals surface area contributed by atoms with Gasteiger partial charge in [0.1, 0.15) is 0 Å². The topological polar surface area (TPSA) is 43.3 Å². The lowest BCUT2D eigenvalue weighted by molar-refractivity contribution is 0.183. The fraction of sp³-hybridized carbons (Fsp3) is 0.167. The summed E-state index contributed by atoms with van der Waals surface area (Å²) in [5, 5.41) is 0. The van der Waals surface area contributed by atoms with Gasteiger partial charge in [-0.1, -0.05) is 0 Å². The highest BCUT2D eigenvalue weighted by atomic mass is 16.5. The van der Waals surface area contributed by atoms with Gasteiger partial charge in [0.25, 0.3) is 0 Å². The summed E-state index contributed by atoms with van der Waals surface area (Å²) >= 11 is 0. The maximum Gasteiger partial charge on any atom is 0.426 e. The van der Waals surface area contributed by atoms with E-state index in [-0.39, 0.29) is 0 Å². The lowest BCUT2D eigenvalue weighted by Crippen LogP contribution is -2.20. The lowest BCUT2D eigenvalue weighted by Gasteiger charge is -2.02. The van der Waals surface area contributed by atoms with E-state index < -0.39 is 6.09 Å². The summed E-state index contributed by atoms with van der Waals surface area (Å²) < 4.78 is 5.86. The van der Waals surface area contributed by atoms with E-state index in [9.17, 15) is 4.79 Å². The molecule has 54 valence electrons. The molecule has 1 aromatic rings. The molecule has 1 aromatic heterocycles. The number of ether oxygens (including phenoxy) is 1. The standard InChI is InChI=1S/C6H8N2O2/c1-10-6(9)7-8-4-2-3-5-8/h2-5H,1H3,(H,7,9). The van der Waals surface area contributed by atoms with Crippen LogP contribution in [0.1, 0.15) is 0 Å². The second-order valence-corrected chi connectivity index (χ2v) is 1.69. The van der Waals surface area contributed by atoms with Crippen LogP contribution in [0.5, 0.6) is 0 Å². The Morgan fingerprint density at radius 1 is 1.50 bits per heavy atom. The first-order chi connectivity index (χ1) is 4.83. The van der Waals surface area contributed by atoms with E-state index in [1.807, 2.05) is 0 Å². The predicted molar refractivity (Wildman–Crippen MR) is 36.2 cm³/mol. The van der Waals surface area contributed by atoms with Crippen LogP contribution in [0.4, 0.5) is 4.79 Å². The highest BCUT2D eigenvalue weighted by molar-refractivity contribution is 5.75. The summed E-state index contributed by atoms with van der Waals surface area (Å²) in [6, 6.07) is 3.60. The number of hydrogen-bond acceptors (Lipinski definition) is 2. The van der Waals surface area contributed by atoms with Gasteiger partial charge >= 0.3 is 6.09 Å². The van der Waals surface area contributed by atoms with Crippen molar-refractivity contribution in [2.75, 3.05) is 12.5 Å². The number of methoxy groups -OCH3 is 1. The van der Waals surface area contributed by atoms with Crippen molar-refractivity contribution >= 4 is 6.09 Å². The van der Waals surface area contributed by atoms with Crippen molar-refractivity contribution in [3.63, 3.8) is 0 Å². The number of amides is 1. The summed E-state index contributed by atoms with van der Waals surface area (Å²) in [7, 11) is 1.32. The van der Waals surface area contributed by atoms with Gasteiger partial charge in [-0.25, -0.2) is 10.2 Å². The van der Waals surface area contributed by atoms with Crippen LogP contribution in [0, 0.1) is 0 Å². The quantitative estimate of drug-likeness (QED) is 0.626. The normalized spacial score (nSPS) is 8.90. The van der Waals surface area contributed by atoms with Gasteiger partial charge in [0.15, 0.2) is 0 Å². The minimum Gasteiger partial charge on any atom is -0.452 e. The van der Waals surface area contributed by atoms with Gasteiger partial charge in [0, 0.05) is 12.4 Å². The Bertz CT molecular complexity index is 206. The Hall–Kier alpha value is -1.45. The van der Waals surface area contributed by atoms with Crippen LogP contribution in [0.15, 0.2) is 24.5 Å². The number of hydrogen-bond donors (Lipinski definition) is 1. The monoisotopic (exact) mass is 140 g/mol. The van der Waals surface area contributed by atoms with E-state index in [2.05, 4.69) is 10.2 Å². The Labute approximate surface area is 58.4 Å². The molecule has 1 heterocycles. The van der Waals surface area contributed by atoms with E-state index in [0.717, 1.165) is 0 Å². The lowest BCUT2D eigenvalue weighted by atomic mass is 10.7. The minimum atomic E-state index is -0.476. The SMILES string of the molecule is COC(=O)Nn1cccc1. The molecule has 0 fully saturated rings. The average molecular weight is 140 g/mol. The molecule has 0 unspecified atom stereocenters. The molecule has 1 rings (SSSR count). The zero-order valence-corrected chi connectivity index (χ0v) is 5.57. The van der Waals surface area contributed by atoms with E-state index in [1.165, 1.54) is 11.8 Å². The van der Waals surface area contributed by atoms with Crippen molar-refractivity contribution in [2.45, 2.75) is 0 Å². The molecule has 10 heavy (non-hydrogen) atoms. The first-order valence-electron chi connectivity index (χ1n) is 2.81. The van der Waals surface area contributed by atoms with Crippen LogP contribution < -0.4 is 5.43 Å². The van der Waals surface area contributed by atoms with Gasteiger partial charge in [0.05, 0.1) is 7.11 Å². The molecule has 0 atom stereocenters. The van der Waals surface area contributed by atoms with Crippen LogP contribution >= 0.6 is 0 Å². The zero-order valence-electron chi connectivity index (χ0n) is 5.57. The molecule has 4 heteroatoms. The molecule has 0 aromatic carbocycles. The molecule has 0 radical (unpaired) electrons. The first kappa shape index (κ1) is 6.67. The van der Waals surface area contributed by atoms with Crippen molar-refractivity contribution in [3.8, 4) is 0 Å². The van der Waals surface area contributed by atoms with Crippen LogP contribution in [-0.4, -0.2) is 17.9 Å². The molecule has 0 aliphatic carbocycles. The van der Waals surface area contributed by atoms with Gasteiger partial charge < -0.3 is 4.74 Å². The zero-order chi connectivity index (χ0) is 7.40. The molecular formula is C6H8N2O2. The summed E-state index contributed by atoms with van der Waals surface area (Å²) in [5.41, 5.74) is 2.43. The van der Waals surface area contributed by atoms with Crippen molar-refractivity contribution in [2.24, 2.45) is 0 Å². The first-order valence-corrected chi connectivity index (χ1v) is 2.81. The van der Waals surface area contributed by atoms with Gasteiger partial charge in [-0.3, -0.25) is 4.68 Å². The molecule has 1 N–H and O–H groups in total. The third kappa shape index (κ3) is 1.51. The smallest absolute Gasteiger partial charge is 0.426 e. The number of nitrogens with one attached hydrogen (secondary N) is 1. The minimum absolute atomic E-state index is 0.476. The molecule has 0 saturated heterocycles. The molecule has 4 nitrogen and oxygen atoms in total. The second-order valence-electron chi connectivity index (χ2n) is 1.69. The Balaban J connectivity index is 2.48. The third-order valence-electron chi connectivity index (χ3n) is 1.01. The largest absolute Gasteiger partial charge is 0.452 e. The van der Waals surface area contributed by atoms with Gasteiger partial charge in [-0.05, 0) is 12.1 Å². The van der Waals surface area contributed by atoms with Crippen molar-refractivity contribution in [1.82, 2.24) is 4.68 Å². The number of aromatic nitrogens is 1. The molecule has 0 spiro atoms. The van der Waals surface area contributed by atoms with Gasteiger partial charge in [-0.2, -0.15) is 0 Å². The Morgan fingerprint density at radius 3 is 2.60 bits per heavy atom. The number of carbonyl (C=O) groups is 1. The number of carbonyl (C=O) groups excluding carboxylic acids is 1. The Kier molecular flexibility index (Phi) is 1.94. The summed E-state index contributed by atoms with van der Waals surface area (Å²) in [4.78, 5) is 10.5. The summed E-state index contributed by atoms with van der Waals surface area (Å²) in [6.07, 6.45) is 2.93. The highest BCUT2D eigenvalue weighted by Gasteiger charge is 1.95. The van der Waals surface area contributed by atoms with Crippen molar-refractivity contribution < 1.29 is 9.53 Å². The second kappa shape index (κ2) is 2.91. The van der Waals surface area contributed by atoms with E-state index in [0.29, 0.717) is 0 Å². The van der Waals surface area contributed by atoms with E-state index in [1.54, 1.807) is 24.5 Å². The van der Waals surface area contributed by atoms with Crippen LogP contribution in [0.3, 0.4) is 0 Å². The summed E-state index contributed by atoms with van der Waals surface area (Å²) in [5.74, 6) is 0. The van der Waals surface area contributed by atoms with Gasteiger partial charge in [0.2, 0.25) is 0 Å². The molecule has 0 saturated carbocycles. The third-order valence-corrected chi connectivity index (χ3v) is 1.01. The Morgan fingerprint density at radius 2 is 2.10 bits per heavy atom. The fourth-order valence-corrected chi connectivity index (χ4v) is 0.560. The summed E-state index contributed by atoms with van der Waals surface area (Å²) in [6.45, 7) is 0. The maximum absolute atomic E-state index is 10.5. The van der Waals surface area contributed by atoms with Crippen LogP contribution in [-0.2, 0) is 4.74 Å². The number of rotatable bonds is 1. The van der Waals surface area contributed by atoms with Crippen molar-refractivity contribution in [1.29, 1.82) is 0 Å². The van der Waals surface area contributed by atoms with Crippen LogP contribution in [0.2, 0.25) is 0 Å². The van der Waals surface area contributed by atoms with E-state index >= 15 is 0 Å². The van der Waals surface area contributed by atoms with Gasteiger partial charge in [-0.15, -0.1) is 0 Å². The van der Waals surface area contributed by atoms with Crippen LogP contribution in [0.25, 0.3) is 0 Å². The predicted octanol–water partition coefficient (Wildman–Crippen LogP) is 0.798. The molecular weight excluding hydrogens is 132 g/mol. The molecule has 0 aliphatic heterocycles.